The van der Waals surface area contributed by atoms with E-state index in [1.165, 1.54) is 51.4 Å². The molecule has 1 heteroatoms. The van der Waals surface area contributed by atoms with Gasteiger partial charge in [0.2, 0.25) is 0 Å². The lowest BCUT2D eigenvalue weighted by molar-refractivity contribution is -0.117. The third-order valence-electron chi connectivity index (χ3n) is 5.42. The van der Waals surface area contributed by atoms with Gasteiger partial charge in [0.05, 0.1) is 6.10 Å². The van der Waals surface area contributed by atoms with Crippen LogP contribution in [0, 0.1) is 10.8 Å². The van der Waals surface area contributed by atoms with Crippen LogP contribution in [0.15, 0.2) is 0 Å². The molecule has 3 rings (SSSR count). The fourth-order valence-electron chi connectivity index (χ4n) is 4.52. The third-order valence-corrected chi connectivity index (χ3v) is 5.42. The van der Waals surface area contributed by atoms with Crippen molar-refractivity contribution in [2.45, 2.75) is 63.9 Å². The van der Waals surface area contributed by atoms with Gasteiger partial charge in [-0.3, -0.25) is 0 Å². The Bertz CT molecular complexity index is 225. The average molecular weight is 180 g/mol. The standard InChI is InChI=1S/C12H20O/c13-10-4-7-11-5-2-1-3-6-12(10,11)9-8-11/h10,13H,1-9H2/t10-,11-,12-/m1/s1. The smallest absolute Gasteiger partial charge is 0.0602 e. The maximum Gasteiger partial charge on any atom is 0.0602 e. The molecule has 0 radical (unpaired) electrons. The second-order valence-electron chi connectivity index (χ2n) is 5.55. The Balaban J connectivity index is 1.96. The molecule has 1 nitrogen and oxygen atoms in total. The Morgan fingerprint density at radius 2 is 1.69 bits per heavy atom. The molecule has 74 valence electrons. The first-order valence-corrected chi connectivity index (χ1v) is 5.97. The molecule has 13 heavy (non-hydrogen) atoms. The predicted molar refractivity (Wildman–Crippen MR) is 52.4 cm³/mol. The Morgan fingerprint density at radius 3 is 2.46 bits per heavy atom. The van der Waals surface area contributed by atoms with Crippen LogP contribution in [0.3, 0.4) is 0 Å². The van der Waals surface area contributed by atoms with Gasteiger partial charge in [-0.2, -0.15) is 0 Å². The first-order valence-electron chi connectivity index (χ1n) is 5.97. The molecule has 3 saturated carbocycles. The average Bonchev–Trinajstić information content (AvgIpc) is 2.24. The maximum atomic E-state index is 10.1. The summed E-state index contributed by atoms with van der Waals surface area (Å²) in [6.07, 6.45) is 12.2. The van der Waals surface area contributed by atoms with Gasteiger partial charge in [0.25, 0.3) is 0 Å². The van der Waals surface area contributed by atoms with Gasteiger partial charge >= 0.3 is 0 Å². The SMILES string of the molecule is O[C@@H]1CC[C@@]23CCCCC[C@@]12CC3. The van der Waals surface area contributed by atoms with E-state index in [2.05, 4.69) is 0 Å². The number of aliphatic hydroxyl groups is 1. The molecule has 3 fully saturated rings. The number of hydrogen-bond donors (Lipinski definition) is 1. The van der Waals surface area contributed by atoms with E-state index in [1.807, 2.05) is 0 Å². The molecule has 0 spiro atoms. The molecule has 0 amide bonds. The molecule has 0 aliphatic heterocycles. The Kier molecular flexibility index (Phi) is 1.59. The van der Waals surface area contributed by atoms with Gasteiger partial charge in [0, 0.05) is 5.41 Å². The van der Waals surface area contributed by atoms with Gasteiger partial charge in [0.15, 0.2) is 0 Å². The van der Waals surface area contributed by atoms with E-state index in [4.69, 9.17) is 0 Å². The summed E-state index contributed by atoms with van der Waals surface area (Å²) in [5, 5.41) is 10.1. The van der Waals surface area contributed by atoms with Crippen molar-refractivity contribution in [1.82, 2.24) is 0 Å². The quantitative estimate of drug-likeness (QED) is 0.607. The molecule has 3 aliphatic rings. The summed E-state index contributed by atoms with van der Waals surface area (Å²) in [4.78, 5) is 0. The van der Waals surface area contributed by atoms with Crippen LogP contribution < -0.4 is 0 Å². The second-order valence-corrected chi connectivity index (χ2v) is 5.55. The van der Waals surface area contributed by atoms with Gasteiger partial charge < -0.3 is 5.11 Å². The lowest BCUT2D eigenvalue weighted by Crippen LogP contribution is -2.51. The Hall–Kier alpha value is -0.0400. The van der Waals surface area contributed by atoms with Gasteiger partial charge in [-0.25, -0.2) is 0 Å². The molecular formula is C12H20O. The minimum atomic E-state index is 0.0550. The van der Waals surface area contributed by atoms with Crippen LogP contribution in [-0.2, 0) is 0 Å². The maximum absolute atomic E-state index is 10.1. The first kappa shape index (κ1) is 8.28. The fourth-order valence-corrected chi connectivity index (χ4v) is 4.52. The van der Waals surface area contributed by atoms with Gasteiger partial charge in [-0.1, -0.05) is 19.3 Å². The summed E-state index contributed by atoms with van der Waals surface area (Å²) in [5.74, 6) is 0. The zero-order chi connectivity index (χ0) is 8.94. The van der Waals surface area contributed by atoms with E-state index in [0.717, 1.165) is 6.42 Å². The number of aliphatic hydroxyl groups excluding tert-OH is 1. The molecule has 0 saturated heterocycles. The molecule has 0 aromatic rings. The highest BCUT2D eigenvalue weighted by Crippen LogP contribution is 2.71. The normalized spacial score (nSPS) is 54.7. The van der Waals surface area contributed by atoms with Gasteiger partial charge in [-0.05, 0) is 43.9 Å². The molecular weight excluding hydrogens is 160 g/mol. The van der Waals surface area contributed by atoms with E-state index in [0.29, 0.717) is 10.8 Å². The van der Waals surface area contributed by atoms with E-state index in [9.17, 15) is 5.11 Å². The molecule has 0 heterocycles. The number of hydrogen-bond acceptors (Lipinski definition) is 1. The van der Waals surface area contributed by atoms with Crippen molar-refractivity contribution in [2.75, 3.05) is 0 Å². The molecule has 0 unspecified atom stereocenters. The summed E-state index contributed by atoms with van der Waals surface area (Å²) in [5.41, 5.74) is 1.02. The van der Waals surface area contributed by atoms with Crippen molar-refractivity contribution < 1.29 is 5.11 Å². The minimum absolute atomic E-state index is 0.0550. The van der Waals surface area contributed by atoms with Gasteiger partial charge in [-0.15, -0.1) is 0 Å². The fraction of sp³-hybridized carbons (Fsp3) is 1.00. The van der Waals surface area contributed by atoms with Crippen molar-refractivity contribution >= 4 is 0 Å². The first-order chi connectivity index (χ1) is 6.29. The van der Waals surface area contributed by atoms with Crippen molar-refractivity contribution in [3.63, 3.8) is 0 Å². The summed E-state index contributed by atoms with van der Waals surface area (Å²) in [7, 11) is 0. The highest BCUT2D eigenvalue weighted by atomic mass is 16.3. The van der Waals surface area contributed by atoms with E-state index < -0.39 is 0 Å². The van der Waals surface area contributed by atoms with Crippen LogP contribution in [0.4, 0.5) is 0 Å². The summed E-state index contributed by atoms with van der Waals surface area (Å²) < 4.78 is 0. The number of rotatable bonds is 0. The highest BCUT2D eigenvalue weighted by Gasteiger charge is 2.64. The highest BCUT2D eigenvalue weighted by molar-refractivity contribution is 5.14. The van der Waals surface area contributed by atoms with Crippen LogP contribution in [0.1, 0.15) is 57.8 Å². The molecule has 0 aromatic heterocycles. The van der Waals surface area contributed by atoms with Crippen LogP contribution in [0.25, 0.3) is 0 Å². The molecule has 0 bridgehead atoms. The molecule has 1 N–H and O–H groups in total. The van der Waals surface area contributed by atoms with Crippen LogP contribution in [0.2, 0.25) is 0 Å². The molecule has 3 atom stereocenters. The van der Waals surface area contributed by atoms with Crippen LogP contribution in [0.5, 0.6) is 0 Å². The summed E-state index contributed by atoms with van der Waals surface area (Å²) >= 11 is 0. The lowest BCUT2D eigenvalue weighted by Gasteiger charge is -2.57. The topological polar surface area (TPSA) is 20.2 Å². The van der Waals surface area contributed by atoms with E-state index in [1.54, 1.807) is 0 Å². The molecule has 0 aromatic carbocycles. The molecule has 3 aliphatic carbocycles. The van der Waals surface area contributed by atoms with Crippen LogP contribution >= 0.6 is 0 Å². The zero-order valence-electron chi connectivity index (χ0n) is 8.39. The summed E-state index contributed by atoms with van der Waals surface area (Å²) in [6.45, 7) is 0. The second kappa shape index (κ2) is 2.50. The van der Waals surface area contributed by atoms with Crippen molar-refractivity contribution in [1.29, 1.82) is 0 Å². The Morgan fingerprint density at radius 1 is 0.846 bits per heavy atom. The lowest BCUT2D eigenvalue weighted by atomic mass is 9.48. The Labute approximate surface area is 80.5 Å². The largest absolute Gasteiger partial charge is 0.393 e. The van der Waals surface area contributed by atoms with Crippen LogP contribution in [-0.4, -0.2) is 11.2 Å². The minimum Gasteiger partial charge on any atom is -0.393 e. The van der Waals surface area contributed by atoms with E-state index >= 15 is 0 Å². The monoisotopic (exact) mass is 180 g/mol. The zero-order valence-corrected chi connectivity index (χ0v) is 8.39. The van der Waals surface area contributed by atoms with Crippen molar-refractivity contribution in [3.05, 3.63) is 0 Å². The van der Waals surface area contributed by atoms with Crippen molar-refractivity contribution in [2.24, 2.45) is 10.8 Å². The predicted octanol–water partition coefficient (Wildman–Crippen LogP) is 2.87. The van der Waals surface area contributed by atoms with Gasteiger partial charge in [0.1, 0.15) is 0 Å². The third kappa shape index (κ3) is 0.823. The van der Waals surface area contributed by atoms with E-state index in [-0.39, 0.29) is 6.10 Å². The summed E-state index contributed by atoms with van der Waals surface area (Å²) in [6, 6.07) is 0. The van der Waals surface area contributed by atoms with Crippen molar-refractivity contribution in [3.8, 4) is 0 Å².